The third-order valence-corrected chi connectivity index (χ3v) is 5.77. The molecule has 0 spiro atoms. The Morgan fingerprint density at radius 1 is 1.00 bits per heavy atom. The molecule has 1 aliphatic heterocycles. The van der Waals surface area contributed by atoms with Crippen molar-refractivity contribution in [2.45, 2.75) is 13.3 Å². The third-order valence-electron chi connectivity index (χ3n) is 5.77. The van der Waals surface area contributed by atoms with Gasteiger partial charge in [0.2, 0.25) is 5.95 Å². The van der Waals surface area contributed by atoms with Crippen LogP contribution in [-0.4, -0.2) is 56.7 Å². The summed E-state index contributed by atoms with van der Waals surface area (Å²) in [5.41, 5.74) is 2.92. The number of amides is 1. The molecular weight excluding hydrogens is 404 g/mol. The van der Waals surface area contributed by atoms with Crippen LogP contribution in [0.3, 0.4) is 0 Å². The van der Waals surface area contributed by atoms with Gasteiger partial charge in [-0.25, -0.2) is 4.68 Å². The van der Waals surface area contributed by atoms with Crippen molar-refractivity contribution in [2.24, 2.45) is 0 Å². The van der Waals surface area contributed by atoms with Crippen LogP contribution in [0.4, 0.5) is 5.95 Å². The molecule has 0 radical (unpaired) electrons. The molecule has 1 N–H and O–H groups in total. The lowest BCUT2D eigenvalue weighted by molar-refractivity contribution is 0.0767. The van der Waals surface area contributed by atoms with Gasteiger partial charge in [0.25, 0.3) is 11.5 Å². The number of nitrogens with zero attached hydrogens (tertiary/aromatic N) is 5. The normalized spacial score (nSPS) is 14.5. The van der Waals surface area contributed by atoms with Crippen molar-refractivity contribution in [1.82, 2.24) is 24.6 Å². The zero-order valence-electron chi connectivity index (χ0n) is 17.9. The standard InChI is InChI=1S/C24H24N6O2/c1-17-7-5-8-18(15-17)23(32)28-11-6-12-29(14-13-28)24-26-21-20(22(31)27-24)16-25-30(21)19-9-3-2-4-10-19/h2-5,7-10,15-16H,6,11-14H2,1H3,(H,26,27,31). The number of aryl methyl sites for hydroxylation is 1. The van der Waals surface area contributed by atoms with Gasteiger partial charge < -0.3 is 9.80 Å². The van der Waals surface area contributed by atoms with Crippen LogP contribution in [0.5, 0.6) is 0 Å². The molecule has 0 atom stereocenters. The van der Waals surface area contributed by atoms with E-state index in [2.05, 4.69) is 10.1 Å². The highest BCUT2D eigenvalue weighted by Crippen LogP contribution is 2.18. The molecule has 2 aromatic carbocycles. The second-order valence-electron chi connectivity index (χ2n) is 8.02. The Morgan fingerprint density at radius 3 is 2.66 bits per heavy atom. The average molecular weight is 428 g/mol. The van der Waals surface area contributed by atoms with Gasteiger partial charge >= 0.3 is 0 Å². The van der Waals surface area contributed by atoms with E-state index in [1.165, 1.54) is 0 Å². The Bertz CT molecular complexity index is 1330. The number of fused-ring (bicyclic) bond motifs is 1. The molecular formula is C24H24N6O2. The van der Waals surface area contributed by atoms with E-state index < -0.39 is 0 Å². The van der Waals surface area contributed by atoms with E-state index in [0.717, 1.165) is 17.7 Å². The van der Waals surface area contributed by atoms with E-state index >= 15 is 0 Å². The number of para-hydroxylation sites is 1. The Labute approximate surface area is 185 Å². The van der Waals surface area contributed by atoms with E-state index in [-0.39, 0.29) is 11.5 Å². The van der Waals surface area contributed by atoms with Gasteiger partial charge in [0.05, 0.1) is 11.9 Å². The number of anilines is 1. The van der Waals surface area contributed by atoms with Crippen LogP contribution in [0.2, 0.25) is 0 Å². The lowest BCUT2D eigenvalue weighted by Crippen LogP contribution is -2.36. The summed E-state index contributed by atoms with van der Waals surface area (Å²) in [6, 6.07) is 17.3. The quantitative estimate of drug-likeness (QED) is 0.542. The lowest BCUT2D eigenvalue weighted by Gasteiger charge is -2.22. The molecule has 0 bridgehead atoms. The molecule has 1 aliphatic rings. The molecule has 1 saturated heterocycles. The van der Waals surface area contributed by atoms with Crippen LogP contribution in [0.15, 0.2) is 65.6 Å². The third kappa shape index (κ3) is 3.75. The van der Waals surface area contributed by atoms with Gasteiger partial charge in [0.1, 0.15) is 5.39 Å². The Kier molecular flexibility index (Phi) is 5.18. The fourth-order valence-electron chi connectivity index (χ4n) is 4.11. The molecule has 3 heterocycles. The van der Waals surface area contributed by atoms with Gasteiger partial charge in [-0.2, -0.15) is 10.1 Å². The number of hydrogen-bond acceptors (Lipinski definition) is 5. The van der Waals surface area contributed by atoms with Crippen molar-refractivity contribution in [3.8, 4) is 5.69 Å². The molecule has 0 unspecified atom stereocenters. The molecule has 162 valence electrons. The number of hydrogen-bond donors (Lipinski definition) is 1. The zero-order chi connectivity index (χ0) is 22.1. The first-order chi connectivity index (χ1) is 15.6. The van der Waals surface area contributed by atoms with Crippen molar-refractivity contribution in [1.29, 1.82) is 0 Å². The SMILES string of the molecule is Cc1cccc(C(=O)N2CCCN(c3nc4c(cnn4-c4ccccc4)c(=O)[nH]3)CC2)c1. The fraction of sp³-hybridized carbons (Fsp3) is 0.250. The molecule has 0 saturated carbocycles. The van der Waals surface area contributed by atoms with E-state index in [1.54, 1.807) is 10.9 Å². The summed E-state index contributed by atoms with van der Waals surface area (Å²) in [6.45, 7) is 4.50. The van der Waals surface area contributed by atoms with Gasteiger partial charge in [0, 0.05) is 31.7 Å². The second-order valence-corrected chi connectivity index (χ2v) is 8.02. The predicted molar refractivity (Wildman–Crippen MR) is 123 cm³/mol. The molecule has 4 aromatic rings. The summed E-state index contributed by atoms with van der Waals surface area (Å²) < 4.78 is 1.68. The molecule has 0 aliphatic carbocycles. The number of nitrogens with one attached hydrogen (secondary N) is 1. The molecule has 1 amide bonds. The van der Waals surface area contributed by atoms with E-state index in [1.807, 2.05) is 71.3 Å². The maximum Gasteiger partial charge on any atom is 0.263 e. The van der Waals surface area contributed by atoms with Crippen molar-refractivity contribution < 1.29 is 4.79 Å². The highest BCUT2D eigenvalue weighted by Gasteiger charge is 2.22. The number of aromatic amines is 1. The monoisotopic (exact) mass is 428 g/mol. The van der Waals surface area contributed by atoms with Gasteiger partial charge in [-0.05, 0) is 37.6 Å². The first-order valence-electron chi connectivity index (χ1n) is 10.7. The van der Waals surface area contributed by atoms with E-state index in [4.69, 9.17) is 4.98 Å². The number of H-pyrrole nitrogens is 1. The minimum absolute atomic E-state index is 0.0367. The summed E-state index contributed by atoms with van der Waals surface area (Å²) >= 11 is 0. The van der Waals surface area contributed by atoms with Crippen LogP contribution in [0.1, 0.15) is 22.3 Å². The Hall–Kier alpha value is -3.94. The highest BCUT2D eigenvalue weighted by atomic mass is 16.2. The first-order valence-corrected chi connectivity index (χ1v) is 10.7. The second kappa shape index (κ2) is 8.30. The van der Waals surface area contributed by atoms with Crippen LogP contribution in [-0.2, 0) is 0 Å². The smallest absolute Gasteiger partial charge is 0.263 e. The summed E-state index contributed by atoms with van der Waals surface area (Å²) in [4.78, 5) is 37.2. The number of carbonyl (C=O) groups excluding carboxylic acids is 1. The molecule has 32 heavy (non-hydrogen) atoms. The molecule has 2 aromatic heterocycles. The van der Waals surface area contributed by atoms with E-state index in [0.29, 0.717) is 48.7 Å². The first kappa shape index (κ1) is 20.0. The number of aromatic nitrogens is 4. The maximum absolute atomic E-state index is 13.0. The Balaban J connectivity index is 1.41. The van der Waals surface area contributed by atoms with Crippen LogP contribution in [0, 0.1) is 6.92 Å². The average Bonchev–Trinajstić information content (AvgIpc) is 3.09. The van der Waals surface area contributed by atoms with Gasteiger partial charge in [-0.1, -0.05) is 35.9 Å². The van der Waals surface area contributed by atoms with Crippen LogP contribution < -0.4 is 10.5 Å². The van der Waals surface area contributed by atoms with Crippen molar-refractivity contribution in [3.05, 3.63) is 82.3 Å². The van der Waals surface area contributed by atoms with Gasteiger partial charge in [-0.15, -0.1) is 0 Å². The molecule has 8 nitrogen and oxygen atoms in total. The molecule has 8 heteroatoms. The predicted octanol–water partition coefficient (Wildman–Crippen LogP) is 2.77. The number of benzene rings is 2. The van der Waals surface area contributed by atoms with Gasteiger partial charge in [0.15, 0.2) is 5.65 Å². The summed E-state index contributed by atoms with van der Waals surface area (Å²) in [7, 11) is 0. The summed E-state index contributed by atoms with van der Waals surface area (Å²) in [6.07, 6.45) is 2.33. The molecule has 5 rings (SSSR count). The highest BCUT2D eigenvalue weighted by molar-refractivity contribution is 5.94. The van der Waals surface area contributed by atoms with Gasteiger partial charge in [-0.3, -0.25) is 14.6 Å². The number of rotatable bonds is 3. The fourth-order valence-corrected chi connectivity index (χ4v) is 4.11. The lowest BCUT2D eigenvalue weighted by atomic mass is 10.1. The van der Waals surface area contributed by atoms with E-state index in [9.17, 15) is 9.59 Å². The Morgan fingerprint density at radius 2 is 1.84 bits per heavy atom. The zero-order valence-corrected chi connectivity index (χ0v) is 17.9. The van der Waals surface area contributed by atoms with Crippen molar-refractivity contribution in [3.63, 3.8) is 0 Å². The topological polar surface area (TPSA) is 87.1 Å². The summed E-state index contributed by atoms with van der Waals surface area (Å²) in [5, 5.41) is 4.82. The summed E-state index contributed by atoms with van der Waals surface area (Å²) in [5.74, 6) is 0.541. The van der Waals surface area contributed by atoms with Crippen LogP contribution >= 0.6 is 0 Å². The maximum atomic E-state index is 13.0. The minimum atomic E-state index is -0.218. The minimum Gasteiger partial charge on any atom is -0.340 e. The number of carbonyl (C=O) groups is 1. The van der Waals surface area contributed by atoms with Crippen LogP contribution in [0.25, 0.3) is 16.7 Å². The van der Waals surface area contributed by atoms with Crippen molar-refractivity contribution >= 4 is 22.9 Å². The largest absolute Gasteiger partial charge is 0.340 e. The van der Waals surface area contributed by atoms with Crippen molar-refractivity contribution in [2.75, 3.05) is 31.1 Å². The molecule has 1 fully saturated rings.